The van der Waals surface area contributed by atoms with E-state index in [0.29, 0.717) is 23.1 Å². The predicted octanol–water partition coefficient (Wildman–Crippen LogP) is 2.86. The molecule has 0 aliphatic rings. The Morgan fingerprint density at radius 3 is 2.62 bits per heavy atom. The van der Waals surface area contributed by atoms with Crippen molar-refractivity contribution in [2.75, 3.05) is 11.9 Å². The molecule has 21 heavy (non-hydrogen) atoms. The number of carboxylic acids is 1. The molecule has 1 N–H and O–H groups in total. The van der Waals surface area contributed by atoms with E-state index < -0.39 is 5.97 Å². The van der Waals surface area contributed by atoms with Gasteiger partial charge in [0, 0.05) is 42.6 Å². The fourth-order valence-electron chi connectivity index (χ4n) is 1.73. The first-order chi connectivity index (χ1) is 10.1. The van der Waals surface area contributed by atoms with Crippen LogP contribution in [-0.2, 0) is 11.3 Å². The quantitative estimate of drug-likeness (QED) is 0.860. The summed E-state index contributed by atoms with van der Waals surface area (Å²) in [5.74, 6) is -0.461. The lowest BCUT2D eigenvalue weighted by molar-refractivity contribution is -0.131. The molecule has 0 aliphatic carbocycles. The number of halogens is 1. The van der Waals surface area contributed by atoms with Gasteiger partial charge in [0.25, 0.3) is 0 Å². The van der Waals surface area contributed by atoms with Crippen molar-refractivity contribution < 1.29 is 9.90 Å². The predicted molar refractivity (Wildman–Crippen MR) is 82.3 cm³/mol. The Hall–Kier alpha value is -2.40. The van der Waals surface area contributed by atoms with E-state index in [9.17, 15) is 4.79 Å². The van der Waals surface area contributed by atoms with Crippen molar-refractivity contribution in [3.63, 3.8) is 0 Å². The first-order valence-electron chi connectivity index (χ1n) is 6.24. The van der Waals surface area contributed by atoms with Gasteiger partial charge >= 0.3 is 5.97 Å². The molecule has 0 unspecified atom stereocenters. The molecule has 0 atom stereocenters. The van der Waals surface area contributed by atoms with E-state index in [1.165, 1.54) is 6.08 Å². The largest absolute Gasteiger partial charge is 0.478 e. The summed E-state index contributed by atoms with van der Waals surface area (Å²) < 4.78 is 0. The number of rotatable bonds is 5. The molecule has 1 aromatic heterocycles. The number of nitrogens with zero attached hydrogens (tertiary/aromatic N) is 3. The number of benzene rings is 1. The van der Waals surface area contributed by atoms with Crippen LogP contribution in [0.25, 0.3) is 6.08 Å². The Morgan fingerprint density at radius 2 is 2.00 bits per heavy atom. The summed E-state index contributed by atoms with van der Waals surface area (Å²) in [7, 11) is 1.87. The monoisotopic (exact) mass is 303 g/mol. The third-order valence-electron chi connectivity index (χ3n) is 2.78. The molecular weight excluding hydrogens is 290 g/mol. The second kappa shape index (κ2) is 6.85. The van der Waals surface area contributed by atoms with Gasteiger partial charge in [-0.15, -0.1) is 0 Å². The molecule has 2 rings (SSSR count). The molecule has 0 bridgehead atoms. The molecule has 5 nitrogen and oxygen atoms in total. The van der Waals surface area contributed by atoms with Crippen molar-refractivity contribution in [3.05, 3.63) is 58.9 Å². The topological polar surface area (TPSA) is 66.3 Å². The van der Waals surface area contributed by atoms with Crippen molar-refractivity contribution in [2.45, 2.75) is 6.54 Å². The summed E-state index contributed by atoms with van der Waals surface area (Å²) in [4.78, 5) is 20.7. The van der Waals surface area contributed by atoms with Crippen molar-refractivity contribution in [1.29, 1.82) is 0 Å². The normalized spacial score (nSPS) is 10.8. The lowest BCUT2D eigenvalue weighted by Gasteiger charge is -2.17. The zero-order valence-corrected chi connectivity index (χ0v) is 12.2. The summed E-state index contributed by atoms with van der Waals surface area (Å²) in [6.07, 6.45) is 5.64. The van der Waals surface area contributed by atoms with E-state index in [1.54, 1.807) is 12.4 Å². The highest BCUT2D eigenvalue weighted by atomic mass is 35.5. The van der Waals surface area contributed by atoms with E-state index in [-0.39, 0.29) is 0 Å². The zero-order chi connectivity index (χ0) is 15.2. The maximum atomic E-state index is 10.4. The van der Waals surface area contributed by atoms with Gasteiger partial charge < -0.3 is 10.0 Å². The van der Waals surface area contributed by atoms with Gasteiger partial charge in [-0.2, -0.15) is 0 Å². The number of anilines is 1. The number of aromatic nitrogens is 2. The first kappa shape index (κ1) is 15.0. The van der Waals surface area contributed by atoms with Crippen LogP contribution < -0.4 is 4.90 Å². The summed E-state index contributed by atoms with van der Waals surface area (Å²) in [5.41, 5.74) is 1.62. The van der Waals surface area contributed by atoms with Crippen LogP contribution in [0.1, 0.15) is 11.1 Å². The van der Waals surface area contributed by atoms with Gasteiger partial charge in [0.15, 0.2) is 0 Å². The Balaban J connectivity index is 2.08. The molecule has 1 heterocycles. The van der Waals surface area contributed by atoms with Crippen LogP contribution >= 0.6 is 11.6 Å². The van der Waals surface area contributed by atoms with E-state index in [2.05, 4.69) is 9.97 Å². The number of carbonyl (C=O) groups is 1. The summed E-state index contributed by atoms with van der Waals surface area (Å²) >= 11 is 6.12. The van der Waals surface area contributed by atoms with Gasteiger partial charge in [-0.05, 0) is 17.7 Å². The molecular formula is C15H14ClN3O2. The number of aliphatic carboxylic acids is 1. The second-order valence-electron chi connectivity index (χ2n) is 4.44. The Morgan fingerprint density at radius 1 is 1.33 bits per heavy atom. The lowest BCUT2D eigenvalue weighted by atomic mass is 10.2. The molecule has 0 aliphatic heterocycles. The van der Waals surface area contributed by atoms with E-state index >= 15 is 0 Å². The van der Waals surface area contributed by atoms with Crippen LogP contribution in [0.3, 0.4) is 0 Å². The standard InChI is InChI=1S/C15H14ClN3O2/c1-19(10-12-4-2-3-5-13(12)16)15-17-8-11(9-18-15)6-7-14(20)21/h2-9H,10H2,1H3,(H,20,21)/b7-6+. The number of hydrogen-bond donors (Lipinski definition) is 1. The zero-order valence-electron chi connectivity index (χ0n) is 11.4. The average molecular weight is 304 g/mol. The van der Waals surface area contributed by atoms with Crippen molar-refractivity contribution in [1.82, 2.24) is 9.97 Å². The van der Waals surface area contributed by atoms with Crippen molar-refractivity contribution in [3.8, 4) is 0 Å². The minimum absolute atomic E-state index is 0.544. The second-order valence-corrected chi connectivity index (χ2v) is 4.84. The van der Waals surface area contributed by atoms with Crippen LogP contribution in [0, 0.1) is 0 Å². The van der Waals surface area contributed by atoms with Gasteiger partial charge in [0.05, 0.1) is 0 Å². The highest BCUT2D eigenvalue weighted by Gasteiger charge is 2.07. The Labute approximate surface area is 127 Å². The van der Waals surface area contributed by atoms with E-state index in [0.717, 1.165) is 11.6 Å². The SMILES string of the molecule is CN(Cc1ccccc1Cl)c1ncc(/C=C/C(=O)O)cn1. The Bertz CT molecular complexity index is 656. The minimum Gasteiger partial charge on any atom is -0.478 e. The molecule has 0 amide bonds. The van der Waals surface area contributed by atoms with Gasteiger partial charge in [0.1, 0.15) is 0 Å². The number of hydrogen-bond acceptors (Lipinski definition) is 4. The van der Waals surface area contributed by atoms with Gasteiger partial charge in [0.2, 0.25) is 5.95 Å². The average Bonchev–Trinajstić information content (AvgIpc) is 2.48. The molecule has 6 heteroatoms. The number of carboxylic acid groups (broad SMARTS) is 1. The van der Waals surface area contributed by atoms with Crippen LogP contribution in [-0.4, -0.2) is 28.1 Å². The van der Waals surface area contributed by atoms with E-state index in [4.69, 9.17) is 16.7 Å². The molecule has 1 aromatic carbocycles. The maximum absolute atomic E-state index is 10.4. The molecule has 0 spiro atoms. The van der Waals surface area contributed by atoms with E-state index in [1.807, 2.05) is 36.2 Å². The maximum Gasteiger partial charge on any atom is 0.328 e. The van der Waals surface area contributed by atoms with Crippen LogP contribution in [0.15, 0.2) is 42.7 Å². The molecule has 0 fully saturated rings. The van der Waals surface area contributed by atoms with Crippen molar-refractivity contribution in [2.24, 2.45) is 0 Å². The summed E-state index contributed by atoms with van der Waals surface area (Å²) in [5, 5.41) is 9.26. The third-order valence-corrected chi connectivity index (χ3v) is 3.15. The summed E-state index contributed by atoms with van der Waals surface area (Å²) in [6, 6.07) is 7.59. The fraction of sp³-hybridized carbons (Fsp3) is 0.133. The highest BCUT2D eigenvalue weighted by molar-refractivity contribution is 6.31. The van der Waals surface area contributed by atoms with Gasteiger partial charge in [-0.25, -0.2) is 14.8 Å². The Kier molecular flexibility index (Phi) is 4.90. The van der Waals surface area contributed by atoms with Crippen LogP contribution in [0.4, 0.5) is 5.95 Å². The van der Waals surface area contributed by atoms with Gasteiger partial charge in [-0.1, -0.05) is 29.8 Å². The molecule has 2 aromatic rings. The fourth-order valence-corrected chi connectivity index (χ4v) is 1.93. The molecule has 108 valence electrons. The molecule has 0 radical (unpaired) electrons. The van der Waals surface area contributed by atoms with Crippen molar-refractivity contribution >= 4 is 29.6 Å². The summed E-state index contributed by atoms with van der Waals surface area (Å²) in [6.45, 7) is 0.587. The highest BCUT2D eigenvalue weighted by Crippen LogP contribution is 2.18. The lowest BCUT2D eigenvalue weighted by Crippen LogP contribution is -2.19. The molecule has 0 saturated heterocycles. The van der Waals surface area contributed by atoms with Crippen LogP contribution in [0.2, 0.25) is 5.02 Å². The third kappa shape index (κ3) is 4.29. The minimum atomic E-state index is -1.00. The van der Waals surface area contributed by atoms with Gasteiger partial charge in [-0.3, -0.25) is 0 Å². The van der Waals surface area contributed by atoms with Crippen LogP contribution in [0.5, 0.6) is 0 Å². The first-order valence-corrected chi connectivity index (χ1v) is 6.61. The molecule has 0 saturated carbocycles. The smallest absolute Gasteiger partial charge is 0.328 e.